The van der Waals surface area contributed by atoms with E-state index in [0.717, 1.165) is 11.3 Å². The number of benzene rings is 1. The molecule has 1 aromatic heterocycles. The van der Waals surface area contributed by atoms with Crippen molar-refractivity contribution in [2.75, 3.05) is 6.61 Å². The van der Waals surface area contributed by atoms with Gasteiger partial charge in [0.05, 0.1) is 27.9 Å². The Kier molecular flexibility index (Phi) is 6.75. The Labute approximate surface area is 161 Å². The summed E-state index contributed by atoms with van der Waals surface area (Å²) in [5.41, 5.74) is 1.57. The van der Waals surface area contributed by atoms with Crippen LogP contribution in [0.1, 0.15) is 25.1 Å². The normalized spacial score (nSPS) is 12.1. The molecule has 0 saturated carbocycles. The second kappa shape index (κ2) is 8.62. The molecule has 0 bridgehead atoms. The zero-order chi connectivity index (χ0) is 19.4. The molecule has 7 nitrogen and oxygen atoms in total. The van der Waals surface area contributed by atoms with Crippen LogP contribution in [0.15, 0.2) is 12.1 Å². The van der Waals surface area contributed by atoms with E-state index in [1.807, 2.05) is 13.8 Å². The van der Waals surface area contributed by atoms with Gasteiger partial charge in [-0.1, -0.05) is 23.2 Å². The van der Waals surface area contributed by atoms with Gasteiger partial charge in [0.15, 0.2) is 11.9 Å². The minimum Gasteiger partial charge on any atom is -0.479 e. The lowest BCUT2D eigenvalue weighted by atomic mass is 10.2. The van der Waals surface area contributed by atoms with Gasteiger partial charge in [0.1, 0.15) is 5.75 Å². The first-order valence-corrected chi connectivity index (χ1v) is 8.66. The number of aromatic nitrogens is 2. The maximum atomic E-state index is 11.0. The van der Waals surface area contributed by atoms with Crippen molar-refractivity contribution in [2.24, 2.45) is 7.05 Å². The van der Waals surface area contributed by atoms with Gasteiger partial charge >= 0.3 is 5.97 Å². The number of carbonyl (C=O) groups is 1. The fourth-order valence-electron chi connectivity index (χ4n) is 2.20. The highest BCUT2D eigenvalue weighted by Gasteiger charge is 2.20. The molecule has 1 N–H and O–H groups in total. The number of nitrogens with zero attached hydrogens (tertiary/aromatic N) is 2. The summed E-state index contributed by atoms with van der Waals surface area (Å²) in [6.45, 7) is 6.05. The maximum Gasteiger partial charge on any atom is 0.344 e. The van der Waals surface area contributed by atoms with Crippen molar-refractivity contribution in [1.29, 1.82) is 0 Å². The predicted octanol–water partition coefficient (Wildman–Crippen LogP) is 4.22. The van der Waals surface area contributed by atoms with Crippen LogP contribution >= 0.6 is 23.2 Å². The van der Waals surface area contributed by atoms with E-state index >= 15 is 0 Å². The summed E-state index contributed by atoms with van der Waals surface area (Å²) in [7, 11) is 1.74. The Balaban J connectivity index is 2.36. The molecule has 0 amide bonds. The number of ether oxygens (including phenoxy) is 3. The smallest absolute Gasteiger partial charge is 0.344 e. The third kappa shape index (κ3) is 4.60. The zero-order valence-corrected chi connectivity index (χ0v) is 16.4. The largest absolute Gasteiger partial charge is 0.479 e. The van der Waals surface area contributed by atoms with Gasteiger partial charge in [-0.3, -0.25) is 0 Å². The quantitative estimate of drug-likeness (QED) is 0.711. The Morgan fingerprint density at radius 1 is 1.31 bits per heavy atom. The van der Waals surface area contributed by atoms with Gasteiger partial charge in [0.2, 0.25) is 5.88 Å². The van der Waals surface area contributed by atoms with Crippen molar-refractivity contribution >= 4 is 29.2 Å². The van der Waals surface area contributed by atoms with E-state index in [1.165, 1.54) is 19.1 Å². The van der Waals surface area contributed by atoms with Crippen molar-refractivity contribution in [3.8, 4) is 17.4 Å². The standard InChI is InChI=1S/C17H20Cl2N2O5/c1-5-24-8-11-9(2)20-21(4)16(11)26-15-7-14(12(18)6-13(15)19)25-10(3)17(22)23/h6-7,10H,5,8H2,1-4H3,(H,22,23)/t10-/m0/s1. The van der Waals surface area contributed by atoms with Gasteiger partial charge in [-0.15, -0.1) is 0 Å². The zero-order valence-electron chi connectivity index (χ0n) is 14.9. The van der Waals surface area contributed by atoms with E-state index in [4.69, 9.17) is 42.5 Å². The molecule has 2 aromatic rings. The molecule has 0 fully saturated rings. The summed E-state index contributed by atoms with van der Waals surface area (Å²) in [6.07, 6.45) is -1.08. The van der Waals surface area contributed by atoms with Crippen LogP contribution in [0.4, 0.5) is 0 Å². The average Bonchev–Trinajstić information content (AvgIpc) is 2.83. The molecule has 0 aliphatic carbocycles. The Morgan fingerprint density at radius 3 is 2.58 bits per heavy atom. The third-order valence-corrected chi connectivity index (χ3v) is 4.17. The molecular formula is C17H20Cl2N2O5. The van der Waals surface area contributed by atoms with Crippen molar-refractivity contribution in [2.45, 2.75) is 33.5 Å². The number of halogens is 2. The molecule has 0 saturated heterocycles. The molecule has 0 spiro atoms. The monoisotopic (exact) mass is 402 g/mol. The Bertz CT molecular complexity index is 807. The summed E-state index contributed by atoms with van der Waals surface area (Å²) in [4.78, 5) is 11.0. The van der Waals surface area contributed by atoms with Gasteiger partial charge in [0.25, 0.3) is 0 Å². The molecule has 142 valence electrons. The molecule has 2 rings (SSSR count). The van der Waals surface area contributed by atoms with Crippen LogP contribution in [0.5, 0.6) is 17.4 Å². The molecule has 9 heteroatoms. The Morgan fingerprint density at radius 2 is 1.96 bits per heavy atom. The lowest BCUT2D eigenvalue weighted by Gasteiger charge is -2.15. The number of carboxylic acids is 1. The van der Waals surface area contributed by atoms with Crippen molar-refractivity contribution < 1.29 is 24.1 Å². The summed E-state index contributed by atoms with van der Waals surface area (Å²) in [6, 6.07) is 2.89. The maximum absolute atomic E-state index is 11.0. The van der Waals surface area contributed by atoms with Gasteiger partial charge in [-0.25, -0.2) is 9.48 Å². The fourth-order valence-corrected chi connectivity index (χ4v) is 2.67. The number of carboxylic acid groups (broad SMARTS) is 1. The predicted molar refractivity (Wildman–Crippen MR) is 97.5 cm³/mol. The number of aliphatic carboxylic acids is 1. The van der Waals surface area contributed by atoms with Crippen LogP contribution in [-0.4, -0.2) is 33.6 Å². The topological polar surface area (TPSA) is 82.8 Å². The molecule has 0 radical (unpaired) electrons. The highest BCUT2D eigenvalue weighted by molar-refractivity contribution is 6.36. The fraction of sp³-hybridized carbons (Fsp3) is 0.412. The van der Waals surface area contributed by atoms with E-state index in [0.29, 0.717) is 19.1 Å². The van der Waals surface area contributed by atoms with E-state index in [1.54, 1.807) is 11.7 Å². The van der Waals surface area contributed by atoms with Gasteiger partial charge in [-0.2, -0.15) is 5.10 Å². The minimum atomic E-state index is -1.11. The summed E-state index contributed by atoms with van der Waals surface area (Å²) < 4.78 is 18.3. The SMILES string of the molecule is CCOCc1c(C)nn(C)c1Oc1cc(O[C@@H](C)C(=O)O)c(Cl)cc1Cl. The number of aryl methyl sites for hydroxylation is 2. The first-order valence-electron chi connectivity index (χ1n) is 7.91. The highest BCUT2D eigenvalue weighted by atomic mass is 35.5. The van der Waals surface area contributed by atoms with Crippen LogP contribution in [0, 0.1) is 6.92 Å². The number of hydrogen-bond donors (Lipinski definition) is 1. The van der Waals surface area contributed by atoms with E-state index in [9.17, 15) is 4.79 Å². The van der Waals surface area contributed by atoms with Crippen molar-refractivity contribution in [3.05, 3.63) is 33.4 Å². The molecule has 0 aliphatic heterocycles. The number of hydrogen-bond acceptors (Lipinski definition) is 5. The molecule has 1 atom stereocenters. The van der Waals surface area contributed by atoms with Crippen LogP contribution < -0.4 is 9.47 Å². The van der Waals surface area contributed by atoms with E-state index in [2.05, 4.69) is 5.10 Å². The van der Waals surface area contributed by atoms with Crippen LogP contribution in [0.25, 0.3) is 0 Å². The lowest BCUT2D eigenvalue weighted by Crippen LogP contribution is -2.23. The molecule has 0 unspecified atom stereocenters. The van der Waals surface area contributed by atoms with E-state index < -0.39 is 12.1 Å². The average molecular weight is 403 g/mol. The molecule has 26 heavy (non-hydrogen) atoms. The van der Waals surface area contributed by atoms with Crippen LogP contribution in [0.2, 0.25) is 10.0 Å². The Hall–Kier alpha value is -1.96. The number of rotatable bonds is 8. The first kappa shape index (κ1) is 20.4. The highest BCUT2D eigenvalue weighted by Crippen LogP contribution is 2.39. The van der Waals surface area contributed by atoms with Gasteiger partial charge in [-0.05, 0) is 26.8 Å². The summed E-state index contributed by atoms with van der Waals surface area (Å²) in [5, 5.41) is 13.8. The van der Waals surface area contributed by atoms with Crippen LogP contribution in [-0.2, 0) is 23.2 Å². The van der Waals surface area contributed by atoms with Gasteiger partial charge in [0, 0.05) is 19.7 Å². The molecular weight excluding hydrogens is 383 g/mol. The van der Waals surface area contributed by atoms with Gasteiger partial charge < -0.3 is 19.3 Å². The summed E-state index contributed by atoms with van der Waals surface area (Å²) in [5.74, 6) is -0.215. The first-order chi connectivity index (χ1) is 12.2. The van der Waals surface area contributed by atoms with E-state index in [-0.39, 0.29) is 21.5 Å². The van der Waals surface area contributed by atoms with Crippen molar-refractivity contribution in [1.82, 2.24) is 9.78 Å². The molecule has 0 aliphatic rings. The minimum absolute atomic E-state index is 0.159. The lowest BCUT2D eigenvalue weighted by molar-refractivity contribution is -0.144. The summed E-state index contributed by atoms with van der Waals surface area (Å²) >= 11 is 12.3. The second-order valence-electron chi connectivity index (χ2n) is 5.54. The van der Waals surface area contributed by atoms with Crippen molar-refractivity contribution in [3.63, 3.8) is 0 Å². The second-order valence-corrected chi connectivity index (χ2v) is 6.36. The third-order valence-electron chi connectivity index (χ3n) is 3.58. The van der Waals surface area contributed by atoms with Crippen LogP contribution in [0.3, 0.4) is 0 Å². The molecule has 1 aromatic carbocycles. The molecule has 1 heterocycles.